The summed E-state index contributed by atoms with van der Waals surface area (Å²) >= 11 is 0. The van der Waals surface area contributed by atoms with Crippen LogP contribution in [0.1, 0.15) is 0 Å². The highest BCUT2D eigenvalue weighted by atomic mass is 16.3. The lowest BCUT2D eigenvalue weighted by atomic mass is 9.92. The van der Waals surface area contributed by atoms with E-state index in [0.717, 1.165) is 60.9 Å². The molecule has 2 aromatic heterocycles. The minimum Gasteiger partial charge on any atom is -0.456 e. The molecule has 0 aliphatic rings. The van der Waals surface area contributed by atoms with Crippen LogP contribution < -0.4 is 4.90 Å². The molecule has 0 unspecified atom stereocenters. The van der Waals surface area contributed by atoms with Gasteiger partial charge < -0.3 is 13.7 Å². The number of fused-ring (bicyclic) bond motifs is 13. The van der Waals surface area contributed by atoms with Gasteiger partial charge in [0.2, 0.25) is 0 Å². The molecule has 0 saturated heterocycles. The molecule has 0 atom stereocenters. The molecule has 3 nitrogen and oxygen atoms in total. The van der Waals surface area contributed by atoms with Crippen LogP contribution in [-0.4, -0.2) is 0 Å². The molecule has 10 rings (SSSR count). The van der Waals surface area contributed by atoms with Crippen molar-refractivity contribution in [1.29, 1.82) is 0 Å². The molecular weight excluding hydrogens is 550 g/mol. The third-order valence-corrected chi connectivity index (χ3v) is 9.20. The summed E-state index contributed by atoms with van der Waals surface area (Å²) in [7, 11) is 0. The van der Waals surface area contributed by atoms with Gasteiger partial charge in [-0.2, -0.15) is 0 Å². The van der Waals surface area contributed by atoms with Crippen LogP contribution >= 0.6 is 0 Å². The SMILES string of the molecule is c1ccc(N(c2ccc3c(ccc4c3c3ccccc3c3oc5ccccc5c43)c2)c2cccc3oc4ccccc4c23)cc1. The summed E-state index contributed by atoms with van der Waals surface area (Å²) in [4.78, 5) is 2.35. The highest BCUT2D eigenvalue weighted by molar-refractivity contribution is 6.34. The Morgan fingerprint density at radius 2 is 1.00 bits per heavy atom. The van der Waals surface area contributed by atoms with Crippen molar-refractivity contribution in [1.82, 2.24) is 0 Å². The van der Waals surface area contributed by atoms with Gasteiger partial charge in [-0.05, 0) is 75.5 Å². The summed E-state index contributed by atoms with van der Waals surface area (Å²) in [5.41, 5.74) is 6.90. The van der Waals surface area contributed by atoms with Crippen LogP contribution in [0, 0.1) is 0 Å². The van der Waals surface area contributed by atoms with Crippen molar-refractivity contribution < 1.29 is 8.83 Å². The van der Waals surface area contributed by atoms with Crippen LogP contribution in [0.25, 0.3) is 76.2 Å². The highest BCUT2D eigenvalue weighted by Gasteiger charge is 2.21. The zero-order valence-corrected chi connectivity index (χ0v) is 24.2. The van der Waals surface area contributed by atoms with E-state index in [9.17, 15) is 0 Å². The summed E-state index contributed by atoms with van der Waals surface area (Å²) in [6.45, 7) is 0. The molecule has 0 fully saturated rings. The number of benzene rings is 8. The summed E-state index contributed by atoms with van der Waals surface area (Å²) in [5.74, 6) is 0. The Balaban J connectivity index is 1.28. The van der Waals surface area contributed by atoms with Crippen molar-refractivity contribution >= 4 is 93.3 Å². The van der Waals surface area contributed by atoms with Gasteiger partial charge in [0, 0.05) is 32.9 Å². The first-order valence-electron chi connectivity index (χ1n) is 15.3. The Morgan fingerprint density at radius 1 is 0.356 bits per heavy atom. The Kier molecular flexibility index (Phi) is 5.00. The van der Waals surface area contributed by atoms with Gasteiger partial charge in [-0.15, -0.1) is 0 Å². The van der Waals surface area contributed by atoms with E-state index in [0.29, 0.717) is 0 Å². The Hall–Kier alpha value is -6.06. The summed E-state index contributed by atoms with van der Waals surface area (Å²) in [6, 6.07) is 53.6. The van der Waals surface area contributed by atoms with Crippen LogP contribution in [0.3, 0.4) is 0 Å². The summed E-state index contributed by atoms with van der Waals surface area (Å²) in [5, 5.41) is 11.7. The molecule has 0 bridgehead atoms. The topological polar surface area (TPSA) is 29.5 Å². The molecule has 3 heteroatoms. The van der Waals surface area contributed by atoms with Crippen molar-refractivity contribution in [2.75, 3.05) is 4.90 Å². The molecule has 210 valence electrons. The van der Waals surface area contributed by atoms with Gasteiger partial charge in [0.15, 0.2) is 0 Å². The molecule has 0 saturated carbocycles. The van der Waals surface area contributed by atoms with E-state index in [1.165, 1.54) is 32.3 Å². The Bertz CT molecular complexity index is 2770. The number of hydrogen-bond donors (Lipinski definition) is 0. The molecule has 45 heavy (non-hydrogen) atoms. The first kappa shape index (κ1) is 24.4. The maximum absolute atomic E-state index is 6.48. The molecule has 0 N–H and O–H groups in total. The molecule has 10 aromatic rings. The molecule has 0 spiro atoms. The second-order valence-electron chi connectivity index (χ2n) is 11.7. The summed E-state index contributed by atoms with van der Waals surface area (Å²) < 4.78 is 12.8. The first-order valence-corrected chi connectivity index (χ1v) is 15.3. The summed E-state index contributed by atoms with van der Waals surface area (Å²) in [6.07, 6.45) is 0. The van der Waals surface area contributed by atoms with Crippen LogP contribution in [0.2, 0.25) is 0 Å². The molecule has 8 aromatic carbocycles. The Labute approximate surface area is 258 Å². The molecule has 0 aliphatic heterocycles. The van der Waals surface area contributed by atoms with E-state index in [1.54, 1.807) is 0 Å². The van der Waals surface area contributed by atoms with Crippen molar-refractivity contribution in [3.63, 3.8) is 0 Å². The number of furan rings is 2. The highest BCUT2D eigenvalue weighted by Crippen LogP contribution is 2.46. The van der Waals surface area contributed by atoms with E-state index in [2.05, 4.69) is 138 Å². The second-order valence-corrected chi connectivity index (χ2v) is 11.7. The zero-order chi connectivity index (χ0) is 29.5. The van der Waals surface area contributed by atoms with Gasteiger partial charge in [-0.1, -0.05) is 103 Å². The van der Waals surface area contributed by atoms with Gasteiger partial charge in [0.05, 0.1) is 11.1 Å². The van der Waals surface area contributed by atoms with E-state index < -0.39 is 0 Å². The van der Waals surface area contributed by atoms with E-state index in [1.807, 2.05) is 18.2 Å². The average molecular weight is 576 g/mol. The molecule has 2 heterocycles. The molecule has 0 amide bonds. The van der Waals surface area contributed by atoms with Crippen LogP contribution in [-0.2, 0) is 0 Å². The van der Waals surface area contributed by atoms with Crippen LogP contribution in [0.15, 0.2) is 160 Å². The number of para-hydroxylation sites is 3. The lowest BCUT2D eigenvalue weighted by molar-refractivity contribution is 0.669. The van der Waals surface area contributed by atoms with Crippen molar-refractivity contribution in [3.8, 4) is 0 Å². The normalized spacial score (nSPS) is 12.0. The van der Waals surface area contributed by atoms with Gasteiger partial charge in [0.25, 0.3) is 0 Å². The maximum atomic E-state index is 6.48. The van der Waals surface area contributed by atoms with Crippen molar-refractivity contribution in [3.05, 3.63) is 152 Å². The smallest absolute Gasteiger partial charge is 0.143 e. The molecule has 0 radical (unpaired) electrons. The van der Waals surface area contributed by atoms with Crippen molar-refractivity contribution in [2.24, 2.45) is 0 Å². The minimum atomic E-state index is 0.879. The minimum absolute atomic E-state index is 0.879. The zero-order valence-electron chi connectivity index (χ0n) is 24.2. The van der Waals surface area contributed by atoms with E-state index >= 15 is 0 Å². The van der Waals surface area contributed by atoms with Gasteiger partial charge in [0.1, 0.15) is 22.3 Å². The fourth-order valence-electron chi connectivity index (χ4n) is 7.30. The third-order valence-electron chi connectivity index (χ3n) is 9.20. The molecule has 0 aliphatic carbocycles. The number of hydrogen-bond acceptors (Lipinski definition) is 3. The third kappa shape index (κ3) is 3.46. The monoisotopic (exact) mass is 575 g/mol. The predicted octanol–water partition coefficient (Wildman–Crippen LogP) is 12.4. The fraction of sp³-hybridized carbons (Fsp3) is 0. The average Bonchev–Trinajstić information content (AvgIpc) is 3.68. The Morgan fingerprint density at radius 3 is 1.82 bits per heavy atom. The van der Waals surface area contributed by atoms with Crippen LogP contribution in [0.5, 0.6) is 0 Å². The maximum Gasteiger partial charge on any atom is 0.143 e. The second kappa shape index (κ2) is 9.22. The number of nitrogens with zero attached hydrogens (tertiary/aromatic N) is 1. The largest absolute Gasteiger partial charge is 0.456 e. The lowest BCUT2D eigenvalue weighted by Crippen LogP contribution is -2.10. The first-order chi connectivity index (χ1) is 22.3. The van der Waals surface area contributed by atoms with Gasteiger partial charge in [-0.25, -0.2) is 0 Å². The van der Waals surface area contributed by atoms with Crippen molar-refractivity contribution in [2.45, 2.75) is 0 Å². The number of rotatable bonds is 3. The fourth-order valence-corrected chi connectivity index (χ4v) is 7.30. The quantitative estimate of drug-likeness (QED) is 0.196. The number of anilines is 3. The van der Waals surface area contributed by atoms with E-state index in [-0.39, 0.29) is 0 Å². The standard InChI is InChI=1S/C42H25NO2/c1-2-11-27(12-3-1)43(35-17-10-20-38-41(35)33-16-7-8-18-36(33)44-38)28-22-24-29-26(25-28)21-23-34-39(29)30-13-4-5-14-31(30)42-40(34)32-15-6-9-19-37(32)45-42/h1-25H. The van der Waals surface area contributed by atoms with E-state index in [4.69, 9.17) is 8.83 Å². The molecular formula is C42H25NO2. The lowest BCUT2D eigenvalue weighted by Gasteiger charge is -2.26. The van der Waals surface area contributed by atoms with Gasteiger partial charge >= 0.3 is 0 Å². The van der Waals surface area contributed by atoms with Crippen LogP contribution in [0.4, 0.5) is 17.1 Å². The predicted molar refractivity (Wildman–Crippen MR) is 188 cm³/mol. The van der Waals surface area contributed by atoms with Gasteiger partial charge in [-0.3, -0.25) is 0 Å².